The number of benzene rings is 1. The minimum atomic E-state index is -0.207. The molecule has 1 saturated heterocycles. The summed E-state index contributed by atoms with van der Waals surface area (Å²) in [6, 6.07) is 8.75. The SMILES string of the molecule is O=C(COc1ccc(Cl)cc1Cl)NC[C@@H](c1ccco1)N1CCCC1. The van der Waals surface area contributed by atoms with Crippen molar-refractivity contribution in [2.24, 2.45) is 0 Å². The van der Waals surface area contributed by atoms with Crippen molar-refractivity contribution in [1.82, 2.24) is 10.2 Å². The number of carbonyl (C=O) groups is 1. The topological polar surface area (TPSA) is 54.7 Å². The Kier molecular flexibility index (Phi) is 6.24. The maximum Gasteiger partial charge on any atom is 0.258 e. The molecule has 1 aliphatic rings. The second-order valence-corrected chi connectivity index (χ2v) is 6.79. The van der Waals surface area contributed by atoms with E-state index in [9.17, 15) is 4.79 Å². The molecule has 1 amide bonds. The molecular formula is C18H20Cl2N2O3. The number of carbonyl (C=O) groups excluding carboxylic acids is 1. The number of furan rings is 1. The van der Waals surface area contributed by atoms with E-state index in [1.165, 1.54) is 12.8 Å². The summed E-state index contributed by atoms with van der Waals surface area (Å²) in [5.41, 5.74) is 0. The van der Waals surface area contributed by atoms with Crippen LogP contribution in [0.3, 0.4) is 0 Å². The van der Waals surface area contributed by atoms with E-state index in [0.29, 0.717) is 22.3 Å². The van der Waals surface area contributed by atoms with Gasteiger partial charge in [-0.25, -0.2) is 0 Å². The third kappa shape index (κ3) is 4.91. The molecule has 7 heteroatoms. The van der Waals surface area contributed by atoms with Gasteiger partial charge in [0.1, 0.15) is 11.5 Å². The third-order valence-corrected chi connectivity index (χ3v) is 4.73. The highest BCUT2D eigenvalue weighted by Gasteiger charge is 2.25. The lowest BCUT2D eigenvalue weighted by Gasteiger charge is -2.26. The lowest BCUT2D eigenvalue weighted by Crippen LogP contribution is -2.38. The van der Waals surface area contributed by atoms with Crippen LogP contribution in [0.15, 0.2) is 41.0 Å². The molecule has 0 aliphatic carbocycles. The molecule has 0 bridgehead atoms. The first-order valence-electron chi connectivity index (χ1n) is 8.25. The van der Waals surface area contributed by atoms with Gasteiger partial charge in [-0.15, -0.1) is 0 Å². The number of rotatable bonds is 7. The predicted octanol–water partition coefficient (Wildman–Crippen LogP) is 3.92. The quantitative estimate of drug-likeness (QED) is 0.788. The summed E-state index contributed by atoms with van der Waals surface area (Å²) in [4.78, 5) is 14.5. The van der Waals surface area contributed by atoms with Crippen molar-refractivity contribution >= 4 is 29.1 Å². The normalized spacial score (nSPS) is 15.9. The molecule has 0 radical (unpaired) electrons. The van der Waals surface area contributed by atoms with Gasteiger partial charge in [-0.2, -0.15) is 0 Å². The summed E-state index contributed by atoms with van der Waals surface area (Å²) in [5.74, 6) is 1.09. The Hall–Kier alpha value is -1.69. The molecule has 1 aliphatic heterocycles. The first-order chi connectivity index (χ1) is 12.1. The molecule has 2 heterocycles. The number of likely N-dealkylation sites (tertiary alicyclic amines) is 1. The van der Waals surface area contributed by atoms with Crippen molar-refractivity contribution in [2.45, 2.75) is 18.9 Å². The number of amides is 1. The van der Waals surface area contributed by atoms with Gasteiger partial charge in [0.25, 0.3) is 5.91 Å². The number of hydrogen-bond donors (Lipinski definition) is 1. The Morgan fingerprint density at radius 3 is 2.76 bits per heavy atom. The molecule has 2 aromatic rings. The maximum absolute atomic E-state index is 12.1. The highest BCUT2D eigenvalue weighted by atomic mass is 35.5. The van der Waals surface area contributed by atoms with E-state index in [1.54, 1.807) is 24.5 Å². The molecule has 25 heavy (non-hydrogen) atoms. The summed E-state index contributed by atoms with van der Waals surface area (Å²) in [7, 11) is 0. The minimum Gasteiger partial charge on any atom is -0.482 e. The van der Waals surface area contributed by atoms with Gasteiger partial charge in [0.15, 0.2) is 6.61 Å². The van der Waals surface area contributed by atoms with E-state index in [4.69, 9.17) is 32.4 Å². The average molecular weight is 383 g/mol. The second-order valence-electron chi connectivity index (χ2n) is 5.94. The van der Waals surface area contributed by atoms with Crippen LogP contribution in [0.1, 0.15) is 24.6 Å². The van der Waals surface area contributed by atoms with Crippen LogP contribution in [-0.4, -0.2) is 37.0 Å². The minimum absolute atomic E-state index is 0.0422. The van der Waals surface area contributed by atoms with Crippen LogP contribution in [0.2, 0.25) is 10.0 Å². The Bertz CT molecular complexity index is 700. The van der Waals surface area contributed by atoms with Gasteiger partial charge < -0.3 is 14.5 Å². The Labute approximate surface area is 156 Å². The maximum atomic E-state index is 12.1. The molecule has 3 rings (SSSR count). The molecule has 1 N–H and O–H groups in total. The zero-order chi connectivity index (χ0) is 17.6. The monoisotopic (exact) mass is 382 g/mol. The largest absolute Gasteiger partial charge is 0.482 e. The zero-order valence-electron chi connectivity index (χ0n) is 13.7. The molecule has 0 spiro atoms. The van der Waals surface area contributed by atoms with Gasteiger partial charge in [0, 0.05) is 11.6 Å². The molecule has 5 nitrogen and oxygen atoms in total. The molecule has 1 fully saturated rings. The van der Waals surface area contributed by atoms with Crippen LogP contribution in [0.5, 0.6) is 5.75 Å². The van der Waals surface area contributed by atoms with Crippen molar-refractivity contribution in [3.05, 3.63) is 52.4 Å². The number of halogens is 2. The highest BCUT2D eigenvalue weighted by molar-refractivity contribution is 6.35. The fourth-order valence-corrected chi connectivity index (χ4v) is 3.40. The standard InChI is InChI=1S/C18H20Cl2N2O3/c19-13-5-6-16(14(20)10-13)25-12-18(23)21-11-15(17-4-3-9-24-17)22-7-1-2-8-22/h3-6,9-10,15H,1-2,7-8,11-12H2,(H,21,23)/t15-/m0/s1. The number of hydrogen-bond acceptors (Lipinski definition) is 4. The average Bonchev–Trinajstić information content (AvgIpc) is 3.28. The fraction of sp³-hybridized carbons (Fsp3) is 0.389. The smallest absolute Gasteiger partial charge is 0.258 e. The number of nitrogens with one attached hydrogen (secondary N) is 1. The van der Waals surface area contributed by atoms with E-state index in [0.717, 1.165) is 18.8 Å². The number of ether oxygens (including phenoxy) is 1. The van der Waals surface area contributed by atoms with Crippen LogP contribution in [0.25, 0.3) is 0 Å². The molecule has 1 aromatic heterocycles. The van der Waals surface area contributed by atoms with Crippen LogP contribution in [0, 0.1) is 0 Å². The zero-order valence-corrected chi connectivity index (χ0v) is 15.2. The lowest BCUT2D eigenvalue weighted by molar-refractivity contribution is -0.123. The lowest BCUT2D eigenvalue weighted by atomic mass is 10.2. The van der Waals surface area contributed by atoms with E-state index in [-0.39, 0.29) is 18.6 Å². The van der Waals surface area contributed by atoms with Crippen molar-refractivity contribution in [3.63, 3.8) is 0 Å². The Balaban J connectivity index is 1.53. The van der Waals surface area contributed by atoms with Gasteiger partial charge in [-0.05, 0) is 56.3 Å². The van der Waals surface area contributed by atoms with Crippen molar-refractivity contribution < 1.29 is 13.9 Å². The molecule has 0 unspecified atom stereocenters. The molecule has 1 atom stereocenters. The van der Waals surface area contributed by atoms with Crippen LogP contribution < -0.4 is 10.1 Å². The van der Waals surface area contributed by atoms with Gasteiger partial charge >= 0.3 is 0 Å². The molecule has 1 aromatic carbocycles. The van der Waals surface area contributed by atoms with Crippen molar-refractivity contribution in [2.75, 3.05) is 26.2 Å². The molecule has 0 saturated carbocycles. The molecule has 134 valence electrons. The van der Waals surface area contributed by atoms with E-state index in [2.05, 4.69) is 10.2 Å². The van der Waals surface area contributed by atoms with Gasteiger partial charge in [-0.1, -0.05) is 23.2 Å². The van der Waals surface area contributed by atoms with Crippen LogP contribution in [-0.2, 0) is 4.79 Å². The van der Waals surface area contributed by atoms with E-state index < -0.39 is 0 Å². The predicted molar refractivity (Wildman–Crippen MR) is 97.2 cm³/mol. The summed E-state index contributed by atoms with van der Waals surface area (Å²) in [6.45, 7) is 2.40. The summed E-state index contributed by atoms with van der Waals surface area (Å²) >= 11 is 11.9. The van der Waals surface area contributed by atoms with E-state index >= 15 is 0 Å². The number of nitrogens with zero attached hydrogens (tertiary/aromatic N) is 1. The summed E-state index contributed by atoms with van der Waals surface area (Å²) < 4.78 is 11.0. The van der Waals surface area contributed by atoms with Crippen molar-refractivity contribution in [3.8, 4) is 5.75 Å². The van der Waals surface area contributed by atoms with Gasteiger partial charge in [0.2, 0.25) is 0 Å². The van der Waals surface area contributed by atoms with Crippen LogP contribution in [0.4, 0.5) is 0 Å². The summed E-state index contributed by atoms with van der Waals surface area (Å²) in [5, 5.41) is 3.82. The Morgan fingerprint density at radius 1 is 1.28 bits per heavy atom. The fourth-order valence-electron chi connectivity index (χ4n) is 2.94. The van der Waals surface area contributed by atoms with Crippen LogP contribution >= 0.6 is 23.2 Å². The first kappa shape index (κ1) is 18.1. The highest BCUT2D eigenvalue weighted by Crippen LogP contribution is 2.27. The third-order valence-electron chi connectivity index (χ3n) is 4.20. The van der Waals surface area contributed by atoms with Gasteiger partial charge in [-0.3, -0.25) is 9.69 Å². The van der Waals surface area contributed by atoms with E-state index in [1.807, 2.05) is 12.1 Å². The summed E-state index contributed by atoms with van der Waals surface area (Å²) in [6.07, 6.45) is 4.00. The van der Waals surface area contributed by atoms with Crippen molar-refractivity contribution in [1.29, 1.82) is 0 Å². The second kappa shape index (κ2) is 8.61. The Morgan fingerprint density at radius 2 is 2.08 bits per heavy atom. The van der Waals surface area contributed by atoms with Gasteiger partial charge in [0.05, 0.1) is 17.3 Å². The molecular weight excluding hydrogens is 363 g/mol. The first-order valence-corrected chi connectivity index (χ1v) is 9.01.